The lowest BCUT2D eigenvalue weighted by Crippen LogP contribution is -2.43. The Hall–Kier alpha value is -1.93. The predicted octanol–water partition coefficient (Wildman–Crippen LogP) is 2.71. The van der Waals surface area contributed by atoms with E-state index in [1.54, 1.807) is 11.8 Å². The molecule has 1 aromatic heterocycles. The second kappa shape index (κ2) is 8.79. The summed E-state index contributed by atoms with van der Waals surface area (Å²) in [6.45, 7) is 3.42. The summed E-state index contributed by atoms with van der Waals surface area (Å²) in [7, 11) is 0. The van der Waals surface area contributed by atoms with Crippen molar-refractivity contribution in [2.45, 2.75) is 26.3 Å². The molecule has 0 unspecified atom stereocenters. The lowest BCUT2D eigenvalue weighted by atomic mass is 10.2. The number of rotatable bonds is 7. The number of thioether (sulfide) groups is 1. The standard InChI is InChI=1S/C16H20N4O2S2/c1-10-4-6-12(7-5-10)15-19-20-16(24-15)18-14(22)13(8-9-23-3)17-11(2)21/h4-7,13H,8-9H2,1-3H3,(H,17,21)(H,18,20,22)/t13-/m0/s1. The van der Waals surface area contributed by atoms with Crippen LogP contribution < -0.4 is 10.6 Å². The molecular weight excluding hydrogens is 344 g/mol. The highest BCUT2D eigenvalue weighted by atomic mass is 32.2. The van der Waals surface area contributed by atoms with E-state index in [1.165, 1.54) is 23.8 Å². The summed E-state index contributed by atoms with van der Waals surface area (Å²) in [5.41, 5.74) is 2.13. The number of carbonyl (C=O) groups is 2. The molecule has 1 heterocycles. The van der Waals surface area contributed by atoms with Gasteiger partial charge in [0.25, 0.3) is 0 Å². The van der Waals surface area contributed by atoms with Crippen molar-refractivity contribution in [1.29, 1.82) is 0 Å². The Morgan fingerprint density at radius 1 is 1.25 bits per heavy atom. The third-order valence-corrected chi connectivity index (χ3v) is 4.79. The normalized spacial score (nSPS) is 11.8. The van der Waals surface area contributed by atoms with Gasteiger partial charge in [0.15, 0.2) is 0 Å². The first-order valence-electron chi connectivity index (χ1n) is 7.47. The highest BCUT2D eigenvalue weighted by Gasteiger charge is 2.20. The smallest absolute Gasteiger partial charge is 0.248 e. The molecule has 0 bridgehead atoms. The first kappa shape index (κ1) is 18.4. The average molecular weight is 364 g/mol. The second-order valence-corrected chi connectivity index (χ2v) is 7.27. The lowest BCUT2D eigenvalue weighted by molar-refractivity contribution is -0.125. The molecule has 0 saturated carbocycles. The first-order valence-corrected chi connectivity index (χ1v) is 9.68. The van der Waals surface area contributed by atoms with Crippen molar-refractivity contribution in [2.75, 3.05) is 17.3 Å². The fraction of sp³-hybridized carbons (Fsp3) is 0.375. The zero-order valence-electron chi connectivity index (χ0n) is 13.8. The molecule has 2 amide bonds. The molecule has 6 nitrogen and oxygen atoms in total. The molecule has 128 valence electrons. The lowest BCUT2D eigenvalue weighted by Gasteiger charge is -2.15. The Bertz CT molecular complexity index is 700. The molecule has 0 fully saturated rings. The molecule has 0 aliphatic heterocycles. The van der Waals surface area contributed by atoms with Gasteiger partial charge in [0.1, 0.15) is 11.0 Å². The third-order valence-electron chi connectivity index (χ3n) is 3.26. The van der Waals surface area contributed by atoms with Crippen LogP contribution in [0.5, 0.6) is 0 Å². The SMILES string of the molecule is CSCC[C@H](NC(C)=O)C(=O)Nc1nnc(-c2ccc(C)cc2)s1. The molecule has 2 rings (SSSR count). The zero-order valence-corrected chi connectivity index (χ0v) is 15.5. The van der Waals surface area contributed by atoms with Gasteiger partial charge in [0.05, 0.1) is 0 Å². The largest absolute Gasteiger partial charge is 0.345 e. The number of aromatic nitrogens is 2. The van der Waals surface area contributed by atoms with Crippen molar-refractivity contribution < 1.29 is 9.59 Å². The summed E-state index contributed by atoms with van der Waals surface area (Å²) in [5.74, 6) is 0.281. The number of benzene rings is 1. The minimum absolute atomic E-state index is 0.228. The van der Waals surface area contributed by atoms with Crippen LogP contribution in [0, 0.1) is 6.92 Å². The molecule has 1 aromatic carbocycles. The number of hydrogen-bond acceptors (Lipinski definition) is 6. The Kier molecular flexibility index (Phi) is 6.74. The van der Waals surface area contributed by atoms with Crippen molar-refractivity contribution in [3.05, 3.63) is 29.8 Å². The van der Waals surface area contributed by atoms with Crippen LogP contribution in [0.15, 0.2) is 24.3 Å². The summed E-state index contributed by atoms with van der Waals surface area (Å²) < 4.78 is 0. The number of anilines is 1. The molecule has 8 heteroatoms. The average Bonchev–Trinajstić information content (AvgIpc) is 3.00. The first-order chi connectivity index (χ1) is 11.5. The monoisotopic (exact) mass is 364 g/mol. The van der Waals surface area contributed by atoms with Crippen LogP contribution in [0.4, 0.5) is 5.13 Å². The van der Waals surface area contributed by atoms with Gasteiger partial charge in [0, 0.05) is 12.5 Å². The van der Waals surface area contributed by atoms with Crippen LogP contribution >= 0.6 is 23.1 Å². The highest BCUT2D eigenvalue weighted by Crippen LogP contribution is 2.26. The van der Waals surface area contributed by atoms with E-state index in [4.69, 9.17) is 0 Å². The number of nitrogens with one attached hydrogen (secondary N) is 2. The Labute approximate surface area is 149 Å². The number of nitrogens with zero attached hydrogens (tertiary/aromatic N) is 2. The molecular formula is C16H20N4O2S2. The van der Waals surface area contributed by atoms with Gasteiger partial charge in [-0.1, -0.05) is 41.2 Å². The van der Waals surface area contributed by atoms with Crippen molar-refractivity contribution in [2.24, 2.45) is 0 Å². The molecule has 1 atom stereocenters. The maximum absolute atomic E-state index is 12.3. The Balaban J connectivity index is 2.05. The Morgan fingerprint density at radius 2 is 1.96 bits per heavy atom. The molecule has 2 N–H and O–H groups in total. The van der Waals surface area contributed by atoms with Gasteiger partial charge in [-0.15, -0.1) is 10.2 Å². The highest BCUT2D eigenvalue weighted by molar-refractivity contribution is 7.98. The van der Waals surface area contributed by atoms with Gasteiger partial charge >= 0.3 is 0 Å². The van der Waals surface area contributed by atoms with Crippen LogP contribution in [0.3, 0.4) is 0 Å². The van der Waals surface area contributed by atoms with E-state index in [0.29, 0.717) is 11.6 Å². The molecule has 0 saturated heterocycles. The zero-order chi connectivity index (χ0) is 17.5. The van der Waals surface area contributed by atoms with Gasteiger partial charge < -0.3 is 5.32 Å². The fourth-order valence-electron chi connectivity index (χ4n) is 2.03. The summed E-state index contributed by atoms with van der Waals surface area (Å²) >= 11 is 2.93. The van der Waals surface area contributed by atoms with Crippen molar-refractivity contribution in [1.82, 2.24) is 15.5 Å². The Morgan fingerprint density at radius 3 is 2.58 bits per heavy atom. The quantitative estimate of drug-likeness (QED) is 0.789. The van der Waals surface area contributed by atoms with E-state index in [-0.39, 0.29) is 11.8 Å². The third kappa shape index (κ3) is 5.31. The van der Waals surface area contributed by atoms with Gasteiger partial charge in [-0.3, -0.25) is 14.9 Å². The maximum Gasteiger partial charge on any atom is 0.248 e. The molecule has 24 heavy (non-hydrogen) atoms. The molecule has 0 spiro atoms. The molecule has 0 aliphatic rings. The summed E-state index contributed by atoms with van der Waals surface area (Å²) in [6, 6.07) is 7.38. The molecule has 0 aliphatic carbocycles. The predicted molar refractivity (Wildman–Crippen MR) is 99.3 cm³/mol. The number of amides is 2. The number of hydrogen-bond donors (Lipinski definition) is 2. The van der Waals surface area contributed by atoms with E-state index in [0.717, 1.165) is 16.3 Å². The van der Waals surface area contributed by atoms with Gasteiger partial charge in [0.2, 0.25) is 16.9 Å². The second-order valence-electron chi connectivity index (χ2n) is 5.30. The van der Waals surface area contributed by atoms with Crippen molar-refractivity contribution in [3.8, 4) is 10.6 Å². The van der Waals surface area contributed by atoms with Gasteiger partial charge in [-0.05, 0) is 25.4 Å². The number of carbonyl (C=O) groups excluding carboxylic acids is 2. The van der Waals surface area contributed by atoms with Crippen LogP contribution in [0.25, 0.3) is 10.6 Å². The topological polar surface area (TPSA) is 84.0 Å². The van der Waals surface area contributed by atoms with E-state index in [2.05, 4.69) is 20.8 Å². The number of aryl methyl sites for hydroxylation is 1. The maximum atomic E-state index is 12.3. The van der Waals surface area contributed by atoms with Crippen LogP contribution in [-0.4, -0.2) is 40.1 Å². The van der Waals surface area contributed by atoms with Crippen molar-refractivity contribution in [3.63, 3.8) is 0 Å². The minimum atomic E-state index is -0.568. The van der Waals surface area contributed by atoms with E-state index in [1.807, 2.05) is 37.4 Å². The van der Waals surface area contributed by atoms with Crippen LogP contribution in [0.1, 0.15) is 18.9 Å². The summed E-state index contributed by atoms with van der Waals surface area (Å²) in [5, 5.41) is 14.7. The molecule has 2 aromatic rings. The van der Waals surface area contributed by atoms with Crippen LogP contribution in [-0.2, 0) is 9.59 Å². The fourth-order valence-corrected chi connectivity index (χ4v) is 3.25. The minimum Gasteiger partial charge on any atom is -0.345 e. The van der Waals surface area contributed by atoms with E-state index < -0.39 is 6.04 Å². The molecule has 0 radical (unpaired) electrons. The van der Waals surface area contributed by atoms with Gasteiger partial charge in [-0.25, -0.2) is 0 Å². The van der Waals surface area contributed by atoms with Gasteiger partial charge in [-0.2, -0.15) is 11.8 Å². The van der Waals surface area contributed by atoms with Crippen LogP contribution in [0.2, 0.25) is 0 Å². The van der Waals surface area contributed by atoms with Crippen molar-refractivity contribution >= 4 is 40.0 Å². The van der Waals surface area contributed by atoms with E-state index in [9.17, 15) is 9.59 Å². The van der Waals surface area contributed by atoms with E-state index >= 15 is 0 Å². The summed E-state index contributed by atoms with van der Waals surface area (Å²) in [6.07, 6.45) is 2.53. The summed E-state index contributed by atoms with van der Waals surface area (Å²) in [4.78, 5) is 23.6.